The number of amides is 1. The van der Waals surface area contributed by atoms with Crippen LogP contribution in [0.2, 0.25) is 0 Å². The van der Waals surface area contributed by atoms with Gasteiger partial charge in [-0.15, -0.1) is 11.3 Å². The number of nitrogens with zero attached hydrogens (tertiary/aromatic N) is 2. The predicted molar refractivity (Wildman–Crippen MR) is 99.3 cm³/mol. The first-order valence-electron chi connectivity index (χ1n) is 8.33. The Balaban J connectivity index is 1.80. The van der Waals surface area contributed by atoms with Gasteiger partial charge in [-0.1, -0.05) is 6.07 Å². The van der Waals surface area contributed by atoms with Crippen molar-refractivity contribution >= 4 is 23.0 Å². The second-order valence-electron chi connectivity index (χ2n) is 6.23. The normalized spacial score (nSPS) is 17.0. The summed E-state index contributed by atoms with van der Waals surface area (Å²) in [5, 5.41) is 12.5. The van der Waals surface area contributed by atoms with E-state index in [0.29, 0.717) is 0 Å². The van der Waals surface area contributed by atoms with Crippen LogP contribution >= 0.6 is 11.3 Å². The van der Waals surface area contributed by atoms with E-state index in [-0.39, 0.29) is 17.9 Å². The molecule has 1 atom stereocenters. The molecule has 6 nitrogen and oxygen atoms in total. The highest BCUT2D eigenvalue weighted by Gasteiger charge is 2.45. The van der Waals surface area contributed by atoms with Gasteiger partial charge in [-0.25, -0.2) is 0 Å². The van der Waals surface area contributed by atoms with Gasteiger partial charge in [0.15, 0.2) is 11.5 Å². The molecule has 0 bridgehead atoms. The van der Waals surface area contributed by atoms with Crippen LogP contribution < -0.4 is 0 Å². The molecule has 7 heteroatoms. The summed E-state index contributed by atoms with van der Waals surface area (Å²) in [6, 6.07) is 8.01. The largest absolute Gasteiger partial charge is 0.503 e. The van der Waals surface area contributed by atoms with E-state index in [2.05, 4.69) is 4.98 Å². The van der Waals surface area contributed by atoms with Crippen LogP contribution in [0, 0.1) is 6.92 Å². The molecule has 0 aliphatic carbocycles. The molecule has 1 aliphatic heterocycles. The van der Waals surface area contributed by atoms with Crippen molar-refractivity contribution in [2.24, 2.45) is 0 Å². The molecule has 0 radical (unpaired) electrons. The molecule has 1 unspecified atom stereocenters. The van der Waals surface area contributed by atoms with Crippen molar-refractivity contribution in [1.82, 2.24) is 9.88 Å². The van der Waals surface area contributed by atoms with E-state index >= 15 is 0 Å². The lowest BCUT2D eigenvalue weighted by molar-refractivity contribution is -0.130. The van der Waals surface area contributed by atoms with Crippen LogP contribution in [0.4, 0.5) is 0 Å². The summed E-state index contributed by atoms with van der Waals surface area (Å²) in [4.78, 5) is 32.2. The third-order valence-electron chi connectivity index (χ3n) is 4.52. The smallest absolute Gasteiger partial charge is 0.290 e. The number of carbonyl (C=O) groups is 2. The number of pyridine rings is 1. The van der Waals surface area contributed by atoms with E-state index in [1.807, 2.05) is 24.4 Å². The molecule has 4 heterocycles. The Morgan fingerprint density at radius 2 is 2.19 bits per heavy atom. The Kier molecular flexibility index (Phi) is 4.37. The second-order valence-corrected chi connectivity index (χ2v) is 7.18. The molecule has 27 heavy (non-hydrogen) atoms. The number of furan rings is 1. The van der Waals surface area contributed by atoms with Gasteiger partial charge in [0, 0.05) is 23.8 Å². The molecule has 0 spiro atoms. The summed E-state index contributed by atoms with van der Waals surface area (Å²) in [6.45, 7) is 2.15. The third kappa shape index (κ3) is 2.96. The average Bonchev–Trinajstić information content (AvgIpc) is 3.39. The van der Waals surface area contributed by atoms with Crippen LogP contribution in [-0.2, 0) is 11.3 Å². The number of aliphatic hydroxyl groups is 1. The molecule has 1 N–H and O–H groups in total. The Labute approximate surface area is 159 Å². The summed E-state index contributed by atoms with van der Waals surface area (Å²) in [7, 11) is 0. The standard InChI is InChI=1S/C20H16N2O4S/c1-12-6-9-27-19(12)16-15(17(23)14-5-3-8-26-14)18(24)20(25)22(16)11-13-4-2-7-21-10-13/h2-10,16,24H,11H2,1H3. The van der Waals surface area contributed by atoms with Crippen LogP contribution in [0.5, 0.6) is 0 Å². The van der Waals surface area contributed by atoms with Gasteiger partial charge < -0.3 is 14.4 Å². The van der Waals surface area contributed by atoms with Crippen LogP contribution in [0.25, 0.3) is 0 Å². The zero-order valence-electron chi connectivity index (χ0n) is 14.5. The second kappa shape index (κ2) is 6.85. The minimum Gasteiger partial charge on any atom is -0.503 e. The third-order valence-corrected chi connectivity index (χ3v) is 5.59. The van der Waals surface area contributed by atoms with Crippen molar-refractivity contribution in [1.29, 1.82) is 0 Å². The van der Waals surface area contributed by atoms with Crippen LogP contribution in [-0.4, -0.2) is 26.7 Å². The van der Waals surface area contributed by atoms with Gasteiger partial charge in [0.1, 0.15) is 6.04 Å². The quantitative estimate of drug-likeness (QED) is 0.680. The lowest BCUT2D eigenvalue weighted by Crippen LogP contribution is -2.30. The van der Waals surface area contributed by atoms with Crippen molar-refractivity contribution < 1.29 is 19.1 Å². The van der Waals surface area contributed by atoms with Gasteiger partial charge in [-0.3, -0.25) is 14.6 Å². The highest BCUT2D eigenvalue weighted by atomic mass is 32.1. The van der Waals surface area contributed by atoms with Crippen molar-refractivity contribution in [3.05, 3.63) is 87.5 Å². The van der Waals surface area contributed by atoms with Crippen LogP contribution in [0.15, 0.2) is 70.1 Å². The average molecular weight is 380 g/mol. The number of Topliss-reactive ketones (excluding diaryl/α,β-unsaturated/α-hetero) is 1. The molecule has 3 aromatic rings. The fraction of sp³-hybridized carbons (Fsp3) is 0.150. The highest BCUT2D eigenvalue weighted by Crippen LogP contribution is 2.42. The molecule has 4 rings (SSSR count). The first kappa shape index (κ1) is 17.2. The summed E-state index contributed by atoms with van der Waals surface area (Å²) in [6.07, 6.45) is 4.70. The maximum atomic E-state index is 13.0. The van der Waals surface area contributed by atoms with Gasteiger partial charge in [-0.05, 0) is 47.7 Å². The zero-order chi connectivity index (χ0) is 19.0. The topological polar surface area (TPSA) is 83.6 Å². The van der Waals surface area contributed by atoms with E-state index in [1.54, 1.807) is 24.5 Å². The summed E-state index contributed by atoms with van der Waals surface area (Å²) < 4.78 is 5.21. The predicted octanol–water partition coefficient (Wildman–Crippen LogP) is 3.82. The zero-order valence-corrected chi connectivity index (χ0v) is 15.3. The number of aromatic nitrogens is 1. The van der Waals surface area contributed by atoms with E-state index in [0.717, 1.165) is 16.0 Å². The fourth-order valence-corrected chi connectivity index (χ4v) is 4.26. The molecule has 0 fully saturated rings. The monoisotopic (exact) mass is 380 g/mol. The molecular weight excluding hydrogens is 364 g/mol. The number of hydrogen-bond acceptors (Lipinski definition) is 6. The number of aliphatic hydroxyl groups excluding tert-OH is 1. The molecule has 0 saturated heterocycles. The minimum atomic E-state index is -0.671. The number of rotatable bonds is 5. The van der Waals surface area contributed by atoms with E-state index < -0.39 is 23.5 Å². The van der Waals surface area contributed by atoms with Crippen molar-refractivity contribution in [2.75, 3.05) is 0 Å². The number of ketones is 1. The lowest BCUT2D eigenvalue weighted by atomic mass is 9.98. The Bertz CT molecular complexity index is 1020. The first-order chi connectivity index (χ1) is 13.1. The number of aryl methyl sites for hydroxylation is 1. The number of carbonyl (C=O) groups excluding carboxylic acids is 2. The van der Waals surface area contributed by atoms with Crippen LogP contribution in [0.3, 0.4) is 0 Å². The molecule has 0 aromatic carbocycles. The molecule has 1 aliphatic rings. The van der Waals surface area contributed by atoms with Crippen molar-refractivity contribution in [3.63, 3.8) is 0 Å². The van der Waals surface area contributed by atoms with Crippen molar-refractivity contribution in [3.8, 4) is 0 Å². The van der Waals surface area contributed by atoms with E-state index in [9.17, 15) is 14.7 Å². The summed E-state index contributed by atoms with van der Waals surface area (Å²) in [5.41, 5.74) is 1.81. The molecule has 0 saturated carbocycles. The van der Waals surface area contributed by atoms with Gasteiger partial charge in [0.25, 0.3) is 5.91 Å². The van der Waals surface area contributed by atoms with Gasteiger partial charge in [0.2, 0.25) is 5.78 Å². The van der Waals surface area contributed by atoms with Gasteiger partial charge in [-0.2, -0.15) is 0 Å². The Morgan fingerprint density at radius 1 is 1.33 bits per heavy atom. The molecule has 1 amide bonds. The summed E-state index contributed by atoms with van der Waals surface area (Å²) in [5.74, 6) is -1.51. The fourth-order valence-electron chi connectivity index (χ4n) is 3.21. The Hall–Kier alpha value is -3.19. The molecule has 3 aromatic heterocycles. The van der Waals surface area contributed by atoms with Crippen molar-refractivity contribution in [2.45, 2.75) is 19.5 Å². The first-order valence-corrected chi connectivity index (χ1v) is 9.21. The number of hydrogen-bond donors (Lipinski definition) is 1. The highest BCUT2D eigenvalue weighted by molar-refractivity contribution is 7.10. The summed E-state index contributed by atoms with van der Waals surface area (Å²) >= 11 is 1.45. The lowest BCUT2D eigenvalue weighted by Gasteiger charge is -2.26. The van der Waals surface area contributed by atoms with Gasteiger partial charge in [0.05, 0.1) is 11.8 Å². The SMILES string of the molecule is Cc1ccsc1C1C(C(=O)c2ccco2)=C(O)C(=O)N1Cc1cccnc1. The van der Waals surface area contributed by atoms with Crippen LogP contribution in [0.1, 0.15) is 32.6 Å². The van der Waals surface area contributed by atoms with E-state index in [4.69, 9.17) is 4.42 Å². The van der Waals surface area contributed by atoms with E-state index in [1.165, 1.54) is 28.6 Å². The van der Waals surface area contributed by atoms with Gasteiger partial charge >= 0.3 is 0 Å². The maximum absolute atomic E-state index is 13.0. The molecule has 136 valence electrons. The Morgan fingerprint density at radius 3 is 2.81 bits per heavy atom. The maximum Gasteiger partial charge on any atom is 0.290 e. The molecular formula is C20H16N2O4S. The number of thiophene rings is 1. The minimum absolute atomic E-state index is 0.0457.